The highest BCUT2D eigenvalue weighted by Crippen LogP contribution is 2.21. The molecule has 0 aliphatic rings. The molecule has 1 N–H and O–H groups in total. The summed E-state index contributed by atoms with van der Waals surface area (Å²) in [5, 5.41) is 8.87. The van der Waals surface area contributed by atoms with Crippen molar-refractivity contribution < 1.29 is 8.42 Å². The van der Waals surface area contributed by atoms with E-state index in [9.17, 15) is 8.42 Å². The van der Waals surface area contributed by atoms with E-state index in [0.717, 1.165) is 11.1 Å². The monoisotopic (exact) mass is 362 g/mol. The van der Waals surface area contributed by atoms with Crippen LogP contribution >= 0.6 is 0 Å². The van der Waals surface area contributed by atoms with Gasteiger partial charge in [0.05, 0.1) is 22.6 Å². The van der Waals surface area contributed by atoms with E-state index < -0.39 is 10.0 Å². The van der Waals surface area contributed by atoms with Gasteiger partial charge in [-0.05, 0) is 41.8 Å². The maximum Gasteiger partial charge on any atom is 0.241 e. The fourth-order valence-corrected chi connectivity index (χ4v) is 3.95. The molecule has 0 heterocycles. The molecule has 0 aliphatic carbocycles. The molecule has 0 amide bonds. The van der Waals surface area contributed by atoms with Crippen molar-refractivity contribution in [2.45, 2.75) is 17.4 Å². The fraction of sp³-hybridized carbons (Fsp3) is 0.0952. The lowest BCUT2D eigenvalue weighted by Gasteiger charge is -2.19. The van der Waals surface area contributed by atoms with Gasteiger partial charge < -0.3 is 0 Å². The number of benzene rings is 3. The minimum absolute atomic E-state index is 0.144. The van der Waals surface area contributed by atoms with Crippen molar-refractivity contribution in [3.05, 3.63) is 102 Å². The SMILES string of the molecule is N#Cc1ccc(S(=O)(=O)N[C@H](Cc2ccccc2)c2ccccc2)cc1. The van der Waals surface area contributed by atoms with Gasteiger partial charge in [-0.25, -0.2) is 13.1 Å². The van der Waals surface area contributed by atoms with Crippen LogP contribution in [0.25, 0.3) is 0 Å². The van der Waals surface area contributed by atoms with E-state index in [1.54, 1.807) is 0 Å². The molecule has 0 bridgehead atoms. The molecule has 3 aromatic carbocycles. The van der Waals surface area contributed by atoms with Crippen molar-refractivity contribution in [1.29, 1.82) is 5.26 Å². The smallest absolute Gasteiger partial charge is 0.207 e. The van der Waals surface area contributed by atoms with Crippen LogP contribution in [0, 0.1) is 11.3 Å². The lowest BCUT2D eigenvalue weighted by Crippen LogP contribution is -2.30. The molecule has 0 unspecified atom stereocenters. The summed E-state index contributed by atoms with van der Waals surface area (Å²) in [5.74, 6) is 0. The third-order valence-electron chi connectivity index (χ3n) is 4.08. The molecule has 4 nitrogen and oxygen atoms in total. The molecule has 5 heteroatoms. The number of rotatable bonds is 6. The zero-order valence-electron chi connectivity index (χ0n) is 14.0. The maximum absolute atomic E-state index is 12.8. The van der Waals surface area contributed by atoms with Crippen molar-refractivity contribution in [2.75, 3.05) is 0 Å². The second kappa shape index (κ2) is 7.96. The molecule has 3 rings (SSSR count). The van der Waals surface area contributed by atoms with Gasteiger partial charge >= 0.3 is 0 Å². The average Bonchev–Trinajstić information content (AvgIpc) is 2.69. The lowest BCUT2D eigenvalue weighted by atomic mass is 10.00. The van der Waals surface area contributed by atoms with Crippen molar-refractivity contribution in [3.63, 3.8) is 0 Å². The summed E-state index contributed by atoms with van der Waals surface area (Å²) in [5.41, 5.74) is 2.37. The normalized spacial score (nSPS) is 12.3. The second-order valence-corrected chi connectivity index (χ2v) is 7.62. The maximum atomic E-state index is 12.8. The van der Waals surface area contributed by atoms with E-state index in [2.05, 4.69) is 4.72 Å². The molecule has 0 aromatic heterocycles. The summed E-state index contributed by atoms with van der Waals surface area (Å²) in [7, 11) is -3.71. The summed E-state index contributed by atoms with van der Waals surface area (Å²) >= 11 is 0. The molecule has 26 heavy (non-hydrogen) atoms. The summed E-state index contributed by atoms with van der Waals surface area (Å²) < 4.78 is 28.4. The van der Waals surface area contributed by atoms with E-state index in [-0.39, 0.29) is 10.9 Å². The van der Waals surface area contributed by atoms with Crippen LogP contribution in [0.15, 0.2) is 89.8 Å². The van der Waals surface area contributed by atoms with Crippen LogP contribution in [0.5, 0.6) is 0 Å². The zero-order chi connectivity index (χ0) is 18.4. The van der Waals surface area contributed by atoms with Crippen LogP contribution in [0.3, 0.4) is 0 Å². The van der Waals surface area contributed by atoms with Crippen LogP contribution in [0.1, 0.15) is 22.7 Å². The first-order valence-electron chi connectivity index (χ1n) is 8.20. The minimum Gasteiger partial charge on any atom is -0.207 e. The molecule has 3 aromatic rings. The Morgan fingerprint density at radius 3 is 2.00 bits per heavy atom. The summed E-state index contributed by atoms with van der Waals surface area (Å²) in [6.07, 6.45) is 0.542. The third kappa shape index (κ3) is 4.37. The minimum atomic E-state index is -3.71. The Bertz CT molecular complexity index is 993. The third-order valence-corrected chi connectivity index (χ3v) is 5.56. The van der Waals surface area contributed by atoms with Gasteiger partial charge in [0.15, 0.2) is 0 Å². The molecule has 0 saturated carbocycles. The number of nitrogens with one attached hydrogen (secondary N) is 1. The van der Waals surface area contributed by atoms with Crippen LogP contribution < -0.4 is 4.72 Å². The molecule has 0 radical (unpaired) electrons. The van der Waals surface area contributed by atoms with Crippen LogP contribution in [0.4, 0.5) is 0 Å². The van der Waals surface area contributed by atoms with Crippen LogP contribution in [0.2, 0.25) is 0 Å². The van der Waals surface area contributed by atoms with Crippen molar-refractivity contribution >= 4 is 10.0 Å². The van der Waals surface area contributed by atoms with E-state index in [0.29, 0.717) is 12.0 Å². The van der Waals surface area contributed by atoms with E-state index in [1.807, 2.05) is 66.7 Å². The highest BCUT2D eigenvalue weighted by atomic mass is 32.2. The van der Waals surface area contributed by atoms with Crippen molar-refractivity contribution in [1.82, 2.24) is 4.72 Å². The first-order valence-corrected chi connectivity index (χ1v) is 9.68. The first kappa shape index (κ1) is 17.9. The zero-order valence-corrected chi connectivity index (χ0v) is 14.9. The van der Waals surface area contributed by atoms with Gasteiger partial charge in [0.25, 0.3) is 0 Å². The Balaban J connectivity index is 1.90. The largest absolute Gasteiger partial charge is 0.241 e. The Kier molecular flexibility index (Phi) is 5.47. The molecule has 0 aliphatic heterocycles. The molecular weight excluding hydrogens is 344 g/mol. The van der Waals surface area contributed by atoms with Gasteiger partial charge in [-0.1, -0.05) is 60.7 Å². The Hall–Kier alpha value is -2.94. The Morgan fingerprint density at radius 1 is 0.846 bits per heavy atom. The van der Waals surface area contributed by atoms with Crippen LogP contribution in [-0.4, -0.2) is 8.42 Å². The van der Waals surface area contributed by atoms with Crippen molar-refractivity contribution in [3.8, 4) is 6.07 Å². The lowest BCUT2D eigenvalue weighted by molar-refractivity contribution is 0.555. The fourth-order valence-electron chi connectivity index (χ4n) is 2.73. The van der Waals surface area contributed by atoms with Gasteiger partial charge in [0.2, 0.25) is 10.0 Å². The number of hydrogen-bond acceptors (Lipinski definition) is 3. The predicted octanol–water partition coefficient (Wildman–Crippen LogP) is 3.82. The highest BCUT2D eigenvalue weighted by molar-refractivity contribution is 7.89. The van der Waals surface area contributed by atoms with Gasteiger partial charge in [-0.15, -0.1) is 0 Å². The average molecular weight is 362 g/mol. The quantitative estimate of drug-likeness (QED) is 0.725. The number of nitrogens with zero attached hydrogens (tertiary/aromatic N) is 1. The standard InChI is InChI=1S/C21H18N2O2S/c22-16-18-11-13-20(14-12-18)26(24,25)23-21(19-9-5-2-6-10-19)15-17-7-3-1-4-8-17/h1-14,21,23H,15H2/t21-/m1/s1. The van der Waals surface area contributed by atoms with Gasteiger partial charge in [-0.2, -0.15) is 5.26 Å². The van der Waals surface area contributed by atoms with Gasteiger partial charge in [-0.3, -0.25) is 0 Å². The Labute approximate surface area is 153 Å². The first-order chi connectivity index (χ1) is 12.6. The highest BCUT2D eigenvalue weighted by Gasteiger charge is 2.21. The van der Waals surface area contributed by atoms with E-state index in [4.69, 9.17) is 5.26 Å². The van der Waals surface area contributed by atoms with E-state index in [1.165, 1.54) is 24.3 Å². The number of nitriles is 1. The van der Waals surface area contributed by atoms with E-state index >= 15 is 0 Å². The predicted molar refractivity (Wildman–Crippen MR) is 101 cm³/mol. The number of hydrogen-bond donors (Lipinski definition) is 1. The second-order valence-electron chi connectivity index (χ2n) is 5.91. The summed E-state index contributed by atoms with van der Waals surface area (Å²) in [6, 6.07) is 26.8. The molecule has 1 atom stereocenters. The summed E-state index contributed by atoms with van der Waals surface area (Å²) in [6.45, 7) is 0. The molecule has 0 saturated heterocycles. The molecule has 0 fully saturated rings. The molecule has 130 valence electrons. The molecular formula is C21H18N2O2S. The van der Waals surface area contributed by atoms with Crippen molar-refractivity contribution in [2.24, 2.45) is 0 Å². The van der Waals surface area contributed by atoms with Gasteiger partial charge in [0.1, 0.15) is 0 Å². The number of sulfonamides is 1. The topological polar surface area (TPSA) is 70.0 Å². The molecule has 0 spiro atoms. The Morgan fingerprint density at radius 2 is 1.42 bits per heavy atom. The van der Waals surface area contributed by atoms with Crippen LogP contribution in [-0.2, 0) is 16.4 Å². The summed E-state index contributed by atoms with van der Waals surface area (Å²) in [4.78, 5) is 0.144. The van der Waals surface area contributed by atoms with Gasteiger partial charge in [0, 0.05) is 0 Å².